The number of rotatable bonds is 11. The van der Waals surface area contributed by atoms with E-state index in [1.807, 2.05) is 28.0 Å². The molecule has 3 N–H and O–H groups in total. The van der Waals surface area contributed by atoms with Crippen molar-refractivity contribution in [2.45, 2.75) is 85.6 Å². The fraction of sp³-hybridized carbons (Fsp3) is 0.655. The number of fused-ring (bicyclic) bond motifs is 1. The Morgan fingerprint density at radius 2 is 1.46 bits per heavy atom. The molecule has 41 heavy (non-hydrogen) atoms. The maximum Gasteiger partial charge on any atom is 0.407 e. The lowest BCUT2D eigenvalue weighted by atomic mass is 10.1. The van der Waals surface area contributed by atoms with E-state index in [1.165, 1.54) is 6.92 Å². The number of aliphatic hydroxyl groups is 1. The Kier molecular flexibility index (Phi) is 12.7. The van der Waals surface area contributed by atoms with Gasteiger partial charge < -0.3 is 39.8 Å². The summed E-state index contributed by atoms with van der Waals surface area (Å²) in [5.74, 6) is 0.871. The summed E-state index contributed by atoms with van der Waals surface area (Å²) in [6.45, 7) is 15.2. The fourth-order valence-corrected chi connectivity index (χ4v) is 4.11. The number of guanidine groups is 1. The van der Waals surface area contributed by atoms with Crippen LogP contribution < -0.4 is 15.4 Å². The molecular weight excluding hydrogens is 530 g/mol. The molecule has 0 bridgehead atoms. The molecule has 1 aromatic rings. The third-order valence-electron chi connectivity index (χ3n) is 5.63. The molecule has 0 saturated carbocycles. The van der Waals surface area contributed by atoms with Crippen LogP contribution in [0.3, 0.4) is 0 Å². The number of ether oxygens (including phenoxy) is 3. The van der Waals surface area contributed by atoms with Gasteiger partial charge in [0.1, 0.15) is 23.6 Å². The molecule has 0 atom stereocenters. The van der Waals surface area contributed by atoms with Gasteiger partial charge in [-0.2, -0.15) is 4.99 Å². The monoisotopic (exact) mass is 577 g/mol. The lowest BCUT2D eigenvalue weighted by molar-refractivity contribution is -0.115. The molecule has 1 aromatic carbocycles. The Hall–Kier alpha value is -3.54. The van der Waals surface area contributed by atoms with E-state index < -0.39 is 23.4 Å². The third-order valence-corrected chi connectivity index (χ3v) is 5.63. The quantitative estimate of drug-likeness (QED) is 0.205. The van der Waals surface area contributed by atoms with Crippen molar-refractivity contribution in [3.8, 4) is 5.75 Å². The van der Waals surface area contributed by atoms with Crippen molar-refractivity contribution in [2.75, 3.05) is 39.4 Å². The molecule has 12 heteroatoms. The highest BCUT2D eigenvalue weighted by molar-refractivity contribution is 5.92. The van der Waals surface area contributed by atoms with Gasteiger partial charge in [0, 0.05) is 46.2 Å². The predicted molar refractivity (Wildman–Crippen MR) is 156 cm³/mol. The number of amides is 3. The van der Waals surface area contributed by atoms with E-state index in [4.69, 9.17) is 19.3 Å². The van der Waals surface area contributed by atoms with E-state index in [0.717, 1.165) is 11.1 Å². The number of carbonyl (C=O) groups is 3. The lowest BCUT2D eigenvalue weighted by Gasteiger charge is -2.32. The summed E-state index contributed by atoms with van der Waals surface area (Å²) in [6.07, 6.45) is 0.181. The van der Waals surface area contributed by atoms with Crippen LogP contribution >= 0.6 is 0 Å². The van der Waals surface area contributed by atoms with Gasteiger partial charge in [-0.25, -0.2) is 9.59 Å². The second-order valence-electron chi connectivity index (χ2n) is 11.8. The number of nitrogens with zero attached hydrogens (tertiary/aromatic N) is 3. The number of aliphatic hydroxyl groups excluding tert-OH is 1. The maximum absolute atomic E-state index is 12.2. The molecule has 3 amide bonds. The highest BCUT2D eigenvalue weighted by Gasteiger charge is 2.27. The van der Waals surface area contributed by atoms with Crippen LogP contribution in [0.4, 0.5) is 9.59 Å². The molecule has 1 aliphatic rings. The maximum atomic E-state index is 12.2. The molecule has 0 saturated heterocycles. The van der Waals surface area contributed by atoms with Crippen molar-refractivity contribution in [1.29, 1.82) is 0 Å². The molecule has 0 aliphatic carbocycles. The van der Waals surface area contributed by atoms with Crippen molar-refractivity contribution in [3.63, 3.8) is 0 Å². The summed E-state index contributed by atoms with van der Waals surface area (Å²) in [4.78, 5) is 44.8. The van der Waals surface area contributed by atoms with Gasteiger partial charge in [0.05, 0.1) is 6.61 Å². The van der Waals surface area contributed by atoms with Gasteiger partial charge in [0.15, 0.2) is 0 Å². The standard InChI is InChI=1S/C29H47N5O7/c1-21(36)32-25(34-19-22-10-11-24(39-17-16-35)18-23(22)20-34)33(14-8-12-30-26(37)40-28(2,3)4)15-9-13-31-27(38)41-29(5,6)7/h10-11,18,35H,8-9,12-17,19-20H2,1-7H3,(H,30,37)(H,31,38). The largest absolute Gasteiger partial charge is 0.491 e. The molecular formula is C29H47N5O7. The van der Waals surface area contributed by atoms with Crippen molar-refractivity contribution >= 4 is 24.1 Å². The summed E-state index contributed by atoms with van der Waals surface area (Å²) in [7, 11) is 0. The summed E-state index contributed by atoms with van der Waals surface area (Å²) in [6, 6.07) is 5.78. The minimum absolute atomic E-state index is 0.0703. The number of carbonyl (C=O) groups excluding carboxylic acids is 3. The lowest BCUT2D eigenvalue weighted by Crippen LogP contribution is -2.45. The summed E-state index contributed by atoms with van der Waals surface area (Å²) < 4.78 is 16.2. The van der Waals surface area contributed by atoms with Crippen molar-refractivity contribution in [2.24, 2.45) is 4.99 Å². The number of alkyl carbamates (subject to hydrolysis) is 2. The summed E-state index contributed by atoms with van der Waals surface area (Å²) in [5.41, 5.74) is 0.962. The second-order valence-corrected chi connectivity index (χ2v) is 11.8. The normalized spacial score (nSPS) is 13.4. The number of nitrogens with one attached hydrogen (secondary N) is 2. The first-order valence-electron chi connectivity index (χ1n) is 14.0. The summed E-state index contributed by atoms with van der Waals surface area (Å²) in [5, 5.41) is 14.6. The minimum Gasteiger partial charge on any atom is -0.491 e. The minimum atomic E-state index is -0.591. The molecule has 0 unspecified atom stereocenters. The Labute approximate surface area is 243 Å². The topological polar surface area (TPSA) is 142 Å². The van der Waals surface area contributed by atoms with E-state index in [0.29, 0.717) is 63.8 Å². The van der Waals surface area contributed by atoms with Crippen LogP contribution in [0, 0.1) is 0 Å². The van der Waals surface area contributed by atoms with Crippen LogP contribution in [0.25, 0.3) is 0 Å². The van der Waals surface area contributed by atoms with Crippen LogP contribution in [0.2, 0.25) is 0 Å². The highest BCUT2D eigenvalue weighted by atomic mass is 16.6. The third kappa shape index (κ3) is 13.1. The first kappa shape index (κ1) is 33.7. The Balaban J connectivity index is 2.12. The first-order chi connectivity index (χ1) is 19.2. The molecule has 1 aliphatic heterocycles. The zero-order valence-corrected chi connectivity index (χ0v) is 25.5. The van der Waals surface area contributed by atoms with Crippen LogP contribution in [0.5, 0.6) is 5.75 Å². The van der Waals surface area contributed by atoms with E-state index in [2.05, 4.69) is 15.6 Å². The van der Waals surface area contributed by atoms with Crippen LogP contribution in [-0.4, -0.2) is 89.6 Å². The SMILES string of the molecule is CC(=O)N=C(N(CCCNC(=O)OC(C)(C)C)CCCNC(=O)OC(C)(C)C)N1Cc2ccc(OCCO)cc2C1. The van der Waals surface area contributed by atoms with Gasteiger partial charge in [0.2, 0.25) is 11.9 Å². The molecule has 230 valence electrons. The molecule has 0 radical (unpaired) electrons. The molecule has 1 heterocycles. The summed E-state index contributed by atoms with van der Waals surface area (Å²) >= 11 is 0. The predicted octanol–water partition coefficient (Wildman–Crippen LogP) is 3.41. The number of aliphatic imine (C=N–C) groups is 1. The zero-order chi connectivity index (χ0) is 30.6. The van der Waals surface area contributed by atoms with E-state index in [9.17, 15) is 14.4 Å². The average Bonchev–Trinajstić information content (AvgIpc) is 3.26. The van der Waals surface area contributed by atoms with Crippen molar-refractivity contribution in [1.82, 2.24) is 20.4 Å². The Morgan fingerprint density at radius 1 is 0.927 bits per heavy atom. The van der Waals surface area contributed by atoms with Crippen LogP contribution in [-0.2, 0) is 27.4 Å². The molecule has 12 nitrogen and oxygen atoms in total. The highest BCUT2D eigenvalue weighted by Crippen LogP contribution is 2.28. The number of hydrogen-bond acceptors (Lipinski definition) is 7. The number of benzene rings is 1. The second kappa shape index (κ2) is 15.5. The van der Waals surface area contributed by atoms with Crippen molar-refractivity contribution in [3.05, 3.63) is 29.3 Å². The van der Waals surface area contributed by atoms with Crippen LogP contribution in [0.1, 0.15) is 72.4 Å². The number of hydrogen-bond donors (Lipinski definition) is 3. The molecule has 0 aromatic heterocycles. The van der Waals surface area contributed by atoms with Gasteiger partial charge in [-0.1, -0.05) is 6.07 Å². The van der Waals surface area contributed by atoms with Crippen LogP contribution in [0.15, 0.2) is 23.2 Å². The van der Waals surface area contributed by atoms with E-state index in [-0.39, 0.29) is 19.1 Å². The molecule has 2 rings (SSSR count). The van der Waals surface area contributed by atoms with Gasteiger partial charge in [-0.05, 0) is 77.6 Å². The van der Waals surface area contributed by atoms with Gasteiger partial charge >= 0.3 is 12.2 Å². The Morgan fingerprint density at radius 3 is 1.95 bits per heavy atom. The average molecular weight is 578 g/mol. The molecule has 0 spiro atoms. The van der Waals surface area contributed by atoms with Gasteiger partial charge in [0.25, 0.3) is 0 Å². The van der Waals surface area contributed by atoms with Gasteiger partial charge in [-0.15, -0.1) is 0 Å². The Bertz CT molecular complexity index is 1030. The van der Waals surface area contributed by atoms with E-state index >= 15 is 0 Å². The molecule has 0 fully saturated rings. The van der Waals surface area contributed by atoms with Crippen molar-refractivity contribution < 1.29 is 33.7 Å². The smallest absolute Gasteiger partial charge is 0.407 e. The zero-order valence-electron chi connectivity index (χ0n) is 25.5. The van der Waals surface area contributed by atoms with Gasteiger partial charge in [-0.3, -0.25) is 4.79 Å². The first-order valence-corrected chi connectivity index (χ1v) is 14.0. The fourth-order valence-electron chi connectivity index (χ4n) is 4.11. The van der Waals surface area contributed by atoms with E-state index in [1.54, 1.807) is 41.5 Å².